The number of alkyl halides is 3. The monoisotopic (exact) mass is 559 g/mol. The smallest absolute Gasteiger partial charge is 0.373 e. The van der Waals surface area contributed by atoms with Gasteiger partial charge in [0.2, 0.25) is 0 Å². The largest absolute Gasteiger partial charge is 0.411 e. The van der Waals surface area contributed by atoms with Crippen molar-refractivity contribution in [2.24, 2.45) is 0 Å². The van der Waals surface area contributed by atoms with Crippen molar-refractivity contribution in [3.63, 3.8) is 0 Å². The van der Waals surface area contributed by atoms with Crippen LogP contribution in [-0.2, 0) is 16.1 Å². The molecule has 210 valence electrons. The Bertz CT molecular complexity index is 1550. The fourth-order valence-corrected chi connectivity index (χ4v) is 5.03. The standard InChI is InChI=1S/C28H26F5N5O2/c1-15-24(13-39-14-28(31,32)33)37-27-23(35-15)10-22(36-26(27)20-5-2-18(29)9-21(20)30)16-6-7-40-25(8-16)17-11-34-38(12-17)19-3-4-19/h2,5,9-12,16,19,25H,3-4,6-8,13-14H2,1H3/t16-,25-/m0/s1. The van der Waals surface area contributed by atoms with Gasteiger partial charge in [0.1, 0.15) is 29.5 Å². The van der Waals surface area contributed by atoms with Gasteiger partial charge in [0.25, 0.3) is 0 Å². The van der Waals surface area contributed by atoms with Gasteiger partial charge in [-0.3, -0.25) is 4.68 Å². The molecule has 0 bridgehead atoms. The summed E-state index contributed by atoms with van der Waals surface area (Å²) in [5.74, 6) is -1.63. The Labute approximate surface area is 226 Å². The number of rotatable bonds is 7. The van der Waals surface area contributed by atoms with Crippen molar-refractivity contribution in [2.45, 2.75) is 63.5 Å². The highest BCUT2D eigenvalue weighted by Gasteiger charge is 2.31. The number of ether oxygens (including phenoxy) is 2. The molecule has 40 heavy (non-hydrogen) atoms. The van der Waals surface area contributed by atoms with Crippen LogP contribution in [0.3, 0.4) is 0 Å². The summed E-state index contributed by atoms with van der Waals surface area (Å²) in [7, 11) is 0. The zero-order valence-corrected chi connectivity index (χ0v) is 21.6. The van der Waals surface area contributed by atoms with Crippen LogP contribution in [0.5, 0.6) is 0 Å². The maximum atomic E-state index is 15.0. The van der Waals surface area contributed by atoms with E-state index in [0.717, 1.165) is 30.5 Å². The van der Waals surface area contributed by atoms with Crippen LogP contribution < -0.4 is 0 Å². The molecule has 0 N–H and O–H groups in total. The number of halogens is 5. The van der Waals surface area contributed by atoms with E-state index in [-0.39, 0.29) is 34.5 Å². The highest BCUT2D eigenvalue weighted by Crippen LogP contribution is 2.40. The van der Waals surface area contributed by atoms with E-state index < -0.39 is 31.0 Å². The second-order valence-electron chi connectivity index (χ2n) is 10.3. The number of hydrogen-bond acceptors (Lipinski definition) is 6. The van der Waals surface area contributed by atoms with Gasteiger partial charge in [-0.1, -0.05) is 0 Å². The van der Waals surface area contributed by atoms with Gasteiger partial charge in [0.05, 0.1) is 41.9 Å². The fraction of sp³-hybridized carbons (Fsp3) is 0.429. The van der Waals surface area contributed by atoms with E-state index in [1.807, 2.05) is 17.1 Å². The highest BCUT2D eigenvalue weighted by molar-refractivity contribution is 5.89. The van der Waals surface area contributed by atoms with Crippen LogP contribution in [0.2, 0.25) is 0 Å². The molecule has 0 amide bonds. The molecular formula is C28H26F5N5O2. The summed E-state index contributed by atoms with van der Waals surface area (Å²) in [4.78, 5) is 13.9. The minimum absolute atomic E-state index is 0.0166. The lowest BCUT2D eigenvalue weighted by atomic mass is 9.89. The van der Waals surface area contributed by atoms with Gasteiger partial charge in [0.15, 0.2) is 0 Å². The first kappa shape index (κ1) is 26.7. The van der Waals surface area contributed by atoms with Crippen LogP contribution >= 0.6 is 0 Å². The van der Waals surface area contributed by atoms with Gasteiger partial charge >= 0.3 is 6.18 Å². The molecule has 0 unspecified atom stereocenters. The number of fused-ring (bicyclic) bond motifs is 1. The van der Waals surface area contributed by atoms with Crippen molar-refractivity contribution in [1.29, 1.82) is 0 Å². The third-order valence-electron chi connectivity index (χ3n) is 7.25. The van der Waals surface area contributed by atoms with Crippen molar-refractivity contribution in [2.75, 3.05) is 13.2 Å². The van der Waals surface area contributed by atoms with E-state index in [1.54, 1.807) is 13.0 Å². The Balaban J connectivity index is 1.37. The van der Waals surface area contributed by atoms with Gasteiger partial charge in [0, 0.05) is 41.6 Å². The molecule has 2 aliphatic rings. The van der Waals surface area contributed by atoms with Crippen LogP contribution in [0.4, 0.5) is 22.0 Å². The topological polar surface area (TPSA) is 75.0 Å². The Kier molecular flexibility index (Phi) is 6.99. The Hall–Kier alpha value is -3.51. The molecule has 6 rings (SSSR count). The zero-order chi connectivity index (χ0) is 28.0. The predicted octanol–water partition coefficient (Wildman–Crippen LogP) is 6.52. The minimum Gasteiger partial charge on any atom is -0.373 e. The zero-order valence-electron chi connectivity index (χ0n) is 21.6. The first-order valence-corrected chi connectivity index (χ1v) is 13.1. The van der Waals surface area contributed by atoms with Crippen molar-refractivity contribution in [1.82, 2.24) is 24.7 Å². The first-order valence-electron chi connectivity index (χ1n) is 13.1. The Morgan fingerprint density at radius 1 is 1.07 bits per heavy atom. The van der Waals surface area contributed by atoms with E-state index in [2.05, 4.69) is 15.1 Å². The van der Waals surface area contributed by atoms with Crippen LogP contribution in [-0.4, -0.2) is 44.1 Å². The SMILES string of the molecule is Cc1nc2cc([C@H]3CCO[C@H](c4cnn(C5CC5)c4)C3)nc(-c3ccc(F)cc3F)c2nc1COCC(F)(F)F. The Morgan fingerprint density at radius 2 is 1.90 bits per heavy atom. The molecule has 0 radical (unpaired) electrons. The summed E-state index contributed by atoms with van der Waals surface area (Å²) in [6, 6.07) is 5.38. The molecular weight excluding hydrogens is 533 g/mol. The first-order chi connectivity index (χ1) is 19.1. The molecule has 12 heteroatoms. The lowest BCUT2D eigenvalue weighted by Crippen LogP contribution is -2.20. The summed E-state index contributed by atoms with van der Waals surface area (Å²) < 4.78 is 79.4. The van der Waals surface area contributed by atoms with Gasteiger partial charge in [-0.15, -0.1) is 0 Å². The molecule has 2 fully saturated rings. The van der Waals surface area contributed by atoms with Crippen molar-refractivity contribution >= 4 is 11.0 Å². The van der Waals surface area contributed by atoms with E-state index in [0.29, 0.717) is 42.4 Å². The van der Waals surface area contributed by atoms with E-state index in [9.17, 15) is 17.6 Å². The summed E-state index contributed by atoms with van der Waals surface area (Å²) in [6.07, 6.45) is 2.71. The van der Waals surface area contributed by atoms with Crippen molar-refractivity contribution < 1.29 is 31.4 Å². The maximum Gasteiger partial charge on any atom is 0.411 e. The molecule has 0 spiro atoms. The van der Waals surface area contributed by atoms with Gasteiger partial charge in [-0.25, -0.2) is 23.7 Å². The molecule has 4 aromatic rings. The fourth-order valence-electron chi connectivity index (χ4n) is 5.03. The second kappa shape index (κ2) is 10.5. The molecule has 1 saturated carbocycles. The number of benzene rings is 1. The van der Waals surface area contributed by atoms with E-state index >= 15 is 4.39 Å². The van der Waals surface area contributed by atoms with Crippen molar-refractivity contribution in [3.8, 4) is 11.3 Å². The second-order valence-corrected chi connectivity index (χ2v) is 10.3. The number of aryl methyl sites for hydroxylation is 1. The third-order valence-corrected chi connectivity index (χ3v) is 7.25. The summed E-state index contributed by atoms with van der Waals surface area (Å²) >= 11 is 0. The number of pyridine rings is 1. The lowest BCUT2D eigenvalue weighted by Gasteiger charge is -2.29. The van der Waals surface area contributed by atoms with E-state index in [1.165, 1.54) is 6.07 Å². The van der Waals surface area contributed by atoms with Crippen LogP contribution in [0, 0.1) is 18.6 Å². The average molecular weight is 560 g/mol. The molecule has 3 aromatic heterocycles. The lowest BCUT2D eigenvalue weighted by molar-refractivity contribution is -0.176. The molecule has 1 aliphatic heterocycles. The molecule has 1 aliphatic carbocycles. The molecule has 1 aromatic carbocycles. The van der Waals surface area contributed by atoms with Gasteiger partial charge in [-0.05, 0) is 50.8 Å². The quantitative estimate of drug-likeness (QED) is 0.240. The minimum atomic E-state index is -4.49. The normalized spacial score (nSPS) is 19.9. The third kappa shape index (κ3) is 5.68. The summed E-state index contributed by atoms with van der Waals surface area (Å²) in [5.41, 5.74) is 2.96. The predicted molar refractivity (Wildman–Crippen MR) is 134 cm³/mol. The number of hydrogen-bond donors (Lipinski definition) is 0. The summed E-state index contributed by atoms with van der Waals surface area (Å²) in [6.45, 7) is 0.244. The van der Waals surface area contributed by atoms with Crippen LogP contribution in [0.1, 0.15) is 66.4 Å². The number of aromatic nitrogens is 5. The van der Waals surface area contributed by atoms with Gasteiger partial charge < -0.3 is 9.47 Å². The molecule has 2 atom stereocenters. The van der Waals surface area contributed by atoms with Crippen LogP contribution in [0.25, 0.3) is 22.3 Å². The summed E-state index contributed by atoms with van der Waals surface area (Å²) in [5, 5.41) is 4.47. The van der Waals surface area contributed by atoms with E-state index in [4.69, 9.17) is 14.5 Å². The Morgan fingerprint density at radius 3 is 2.65 bits per heavy atom. The molecule has 7 nitrogen and oxygen atoms in total. The highest BCUT2D eigenvalue weighted by atomic mass is 19.4. The number of nitrogens with zero attached hydrogens (tertiary/aromatic N) is 5. The van der Waals surface area contributed by atoms with Crippen LogP contribution in [0.15, 0.2) is 36.7 Å². The molecule has 1 saturated heterocycles. The van der Waals surface area contributed by atoms with Crippen molar-refractivity contribution in [3.05, 3.63) is 70.9 Å². The maximum absolute atomic E-state index is 15.0. The van der Waals surface area contributed by atoms with Gasteiger partial charge in [-0.2, -0.15) is 18.3 Å². The average Bonchev–Trinajstić information content (AvgIpc) is 3.64. The molecule has 4 heterocycles.